The molecule has 0 fully saturated rings. The zero-order valence-corrected chi connectivity index (χ0v) is 16.7. The number of rotatable bonds is 6. The third-order valence-corrected chi connectivity index (χ3v) is 4.84. The Hall–Kier alpha value is -3.70. The van der Waals surface area contributed by atoms with Crippen molar-refractivity contribution < 1.29 is 9.59 Å². The van der Waals surface area contributed by atoms with Crippen LogP contribution in [0.2, 0.25) is 5.02 Å². The van der Waals surface area contributed by atoms with Crippen LogP contribution < -0.4 is 5.32 Å². The summed E-state index contributed by atoms with van der Waals surface area (Å²) in [6, 6.07) is 25.0. The van der Waals surface area contributed by atoms with Gasteiger partial charge in [-0.15, -0.1) is 0 Å². The van der Waals surface area contributed by atoms with Crippen LogP contribution in [0.15, 0.2) is 91.1 Å². The summed E-state index contributed by atoms with van der Waals surface area (Å²) in [6.45, 7) is 0.600. The molecule has 0 saturated carbocycles. The van der Waals surface area contributed by atoms with Gasteiger partial charge in [0.1, 0.15) is 0 Å². The highest BCUT2D eigenvalue weighted by Crippen LogP contribution is 2.18. The van der Waals surface area contributed by atoms with Crippen molar-refractivity contribution in [2.45, 2.75) is 6.54 Å². The molecule has 4 rings (SSSR count). The molecule has 0 unspecified atom stereocenters. The van der Waals surface area contributed by atoms with Crippen molar-refractivity contribution in [3.63, 3.8) is 0 Å². The second kappa shape index (κ2) is 8.76. The van der Waals surface area contributed by atoms with Crippen molar-refractivity contribution in [1.29, 1.82) is 0 Å². The number of hydrogen-bond acceptors (Lipinski definition) is 3. The van der Waals surface area contributed by atoms with Gasteiger partial charge in [0.05, 0.1) is 12.1 Å². The zero-order valence-electron chi connectivity index (χ0n) is 16.0. The van der Waals surface area contributed by atoms with E-state index >= 15 is 0 Å². The Bertz CT molecular complexity index is 1180. The predicted molar refractivity (Wildman–Crippen MR) is 117 cm³/mol. The van der Waals surface area contributed by atoms with Crippen LogP contribution >= 0.6 is 11.6 Å². The maximum atomic E-state index is 12.9. The van der Waals surface area contributed by atoms with E-state index in [4.69, 9.17) is 11.6 Å². The first-order chi connectivity index (χ1) is 14.6. The molecule has 0 radical (unpaired) electrons. The SMILES string of the molecule is O=C(Nc1ccn(Cc2ccccc2)n1)c1ccccc1C(=O)c1ccc(Cl)cc1. The van der Waals surface area contributed by atoms with Gasteiger partial charge in [0.2, 0.25) is 0 Å². The van der Waals surface area contributed by atoms with Gasteiger partial charge >= 0.3 is 0 Å². The molecule has 30 heavy (non-hydrogen) atoms. The molecule has 0 bridgehead atoms. The molecule has 5 nitrogen and oxygen atoms in total. The number of hydrogen-bond donors (Lipinski definition) is 1. The third-order valence-electron chi connectivity index (χ3n) is 4.59. The number of nitrogens with zero attached hydrogens (tertiary/aromatic N) is 2. The molecular formula is C24H18ClN3O2. The quantitative estimate of drug-likeness (QED) is 0.447. The smallest absolute Gasteiger partial charge is 0.257 e. The number of ketones is 1. The molecule has 1 heterocycles. The Morgan fingerprint density at radius 3 is 2.23 bits per heavy atom. The number of benzene rings is 3. The van der Waals surface area contributed by atoms with E-state index in [1.165, 1.54) is 0 Å². The predicted octanol–water partition coefficient (Wildman–Crippen LogP) is 5.07. The molecular weight excluding hydrogens is 398 g/mol. The summed E-state index contributed by atoms with van der Waals surface area (Å²) < 4.78 is 1.75. The molecule has 4 aromatic rings. The number of carbonyl (C=O) groups is 2. The highest BCUT2D eigenvalue weighted by atomic mass is 35.5. The Labute approximate surface area is 178 Å². The van der Waals surface area contributed by atoms with Gasteiger partial charge in [0, 0.05) is 28.4 Å². The van der Waals surface area contributed by atoms with Crippen LogP contribution in [0.1, 0.15) is 31.8 Å². The molecule has 6 heteroatoms. The number of carbonyl (C=O) groups excluding carboxylic acids is 2. The lowest BCUT2D eigenvalue weighted by molar-refractivity contribution is 0.0996. The number of nitrogens with one attached hydrogen (secondary N) is 1. The molecule has 1 N–H and O–H groups in total. The van der Waals surface area contributed by atoms with Gasteiger partial charge in [0.25, 0.3) is 5.91 Å². The largest absolute Gasteiger partial charge is 0.305 e. The van der Waals surface area contributed by atoms with E-state index in [0.717, 1.165) is 5.56 Å². The second-order valence-electron chi connectivity index (χ2n) is 6.72. The molecule has 0 aliphatic rings. The van der Waals surface area contributed by atoms with Crippen molar-refractivity contribution in [2.24, 2.45) is 0 Å². The van der Waals surface area contributed by atoms with Gasteiger partial charge < -0.3 is 5.32 Å². The third kappa shape index (κ3) is 4.47. The first kappa shape index (κ1) is 19.6. The number of halogens is 1. The van der Waals surface area contributed by atoms with E-state index < -0.39 is 5.91 Å². The summed E-state index contributed by atoms with van der Waals surface area (Å²) in [7, 11) is 0. The topological polar surface area (TPSA) is 64.0 Å². The average Bonchev–Trinajstić information content (AvgIpc) is 3.21. The van der Waals surface area contributed by atoms with Gasteiger partial charge in [-0.05, 0) is 35.9 Å². The minimum Gasteiger partial charge on any atom is -0.305 e. The molecule has 1 amide bonds. The first-order valence-electron chi connectivity index (χ1n) is 9.38. The second-order valence-corrected chi connectivity index (χ2v) is 7.16. The molecule has 0 atom stereocenters. The van der Waals surface area contributed by atoms with Crippen LogP contribution in [-0.4, -0.2) is 21.5 Å². The van der Waals surface area contributed by atoms with Crippen molar-refractivity contribution in [3.8, 4) is 0 Å². The summed E-state index contributed by atoms with van der Waals surface area (Å²) in [5.41, 5.74) is 2.18. The molecule has 0 saturated heterocycles. The zero-order chi connectivity index (χ0) is 20.9. The molecule has 1 aromatic heterocycles. The standard InChI is InChI=1S/C24H18ClN3O2/c25-19-12-10-18(11-13-19)23(29)20-8-4-5-9-21(20)24(30)26-22-14-15-28(27-22)16-17-6-2-1-3-7-17/h1-15H,16H2,(H,26,27,30). The minimum absolute atomic E-state index is 0.243. The van der Waals surface area contributed by atoms with Crippen LogP contribution in [0.25, 0.3) is 0 Å². The summed E-state index contributed by atoms with van der Waals surface area (Å²) in [5.74, 6) is -0.213. The summed E-state index contributed by atoms with van der Waals surface area (Å²) in [6.07, 6.45) is 1.80. The van der Waals surface area contributed by atoms with Crippen molar-refractivity contribution in [2.75, 3.05) is 5.32 Å². The number of aromatic nitrogens is 2. The molecule has 0 aliphatic heterocycles. The van der Waals surface area contributed by atoms with Gasteiger partial charge in [0.15, 0.2) is 11.6 Å². The van der Waals surface area contributed by atoms with Crippen LogP contribution in [0.5, 0.6) is 0 Å². The van der Waals surface area contributed by atoms with E-state index in [1.54, 1.807) is 65.5 Å². The van der Waals surface area contributed by atoms with Gasteiger partial charge in [-0.25, -0.2) is 0 Å². The van der Waals surface area contributed by atoms with Crippen molar-refractivity contribution in [1.82, 2.24) is 9.78 Å². The summed E-state index contributed by atoms with van der Waals surface area (Å²) >= 11 is 5.90. The molecule has 0 aliphatic carbocycles. The van der Waals surface area contributed by atoms with Gasteiger partial charge in [-0.2, -0.15) is 5.10 Å². The number of anilines is 1. The maximum absolute atomic E-state index is 12.9. The van der Waals surface area contributed by atoms with Crippen molar-refractivity contribution >= 4 is 29.1 Å². The molecule has 0 spiro atoms. The van der Waals surface area contributed by atoms with E-state index in [9.17, 15) is 9.59 Å². The lowest BCUT2D eigenvalue weighted by atomic mass is 9.98. The fourth-order valence-corrected chi connectivity index (χ4v) is 3.23. The van der Waals surface area contributed by atoms with E-state index in [1.807, 2.05) is 30.3 Å². The Morgan fingerprint density at radius 2 is 1.50 bits per heavy atom. The lowest BCUT2D eigenvalue weighted by Gasteiger charge is -2.09. The highest BCUT2D eigenvalue weighted by Gasteiger charge is 2.18. The molecule has 148 valence electrons. The Balaban J connectivity index is 1.52. The van der Waals surface area contributed by atoms with E-state index in [-0.39, 0.29) is 11.3 Å². The van der Waals surface area contributed by atoms with Crippen LogP contribution in [0, 0.1) is 0 Å². The monoisotopic (exact) mass is 415 g/mol. The minimum atomic E-state index is -0.391. The fourth-order valence-electron chi connectivity index (χ4n) is 3.11. The Morgan fingerprint density at radius 1 is 0.833 bits per heavy atom. The van der Waals surface area contributed by atoms with Crippen molar-refractivity contribution in [3.05, 3.63) is 118 Å². The van der Waals surface area contributed by atoms with E-state index in [0.29, 0.717) is 28.5 Å². The summed E-state index contributed by atoms with van der Waals surface area (Å²) in [5, 5.41) is 7.72. The Kier molecular flexibility index (Phi) is 5.72. The fraction of sp³-hybridized carbons (Fsp3) is 0.0417. The van der Waals surface area contributed by atoms with Gasteiger partial charge in [-0.1, -0.05) is 60.1 Å². The lowest BCUT2D eigenvalue weighted by Crippen LogP contribution is -2.17. The van der Waals surface area contributed by atoms with Gasteiger partial charge in [-0.3, -0.25) is 14.3 Å². The number of amides is 1. The summed E-state index contributed by atoms with van der Waals surface area (Å²) in [4.78, 5) is 25.8. The first-order valence-corrected chi connectivity index (χ1v) is 9.76. The average molecular weight is 416 g/mol. The molecule has 3 aromatic carbocycles. The van der Waals surface area contributed by atoms with Crippen LogP contribution in [-0.2, 0) is 6.54 Å². The highest BCUT2D eigenvalue weighted by molar-refractivity contribution is 6.30. The van der Waals surface area contributed by atoms with E-state index in [2.05, 4.69) is 10.4 Å². The van der Waals surface area contributed by atoms with Crippen LogP contribution in [0.4, 0.5) is 5.82 Å². The van der Waals surface area contributed by atoms with Crippen LogP contribution in [0.3, 0.4) is 0 Å². The maximum Gasteiger partial charge on any atom is 0.257 e. The normalized spacial score (nSPS) is 10.6.